The third-order valence-corrected chi connectivity index (χ3v) is 4.88. The highest BCUT2D eigenvalue weighted by atomic mass is 16.5. The number of ether oxygens (including phenoxy) is 3. The summed E-state index contributed by atoms with van der Waals surface area (Å²) >= 11 is 0. The van der Waals surface area contributed by atoms with Crippen LogP contribution in [0.25, 0.3) is 0 Å². The second-order valence-electron chi connectivity index (χ2n) is 7.05. The number of pyridine rings is 1. The summed E-state index contributed by atoms with van der Waals surface area (Å²) in [7, 11) is 4.49. The number of hydrogen-bond donors (Lipinski definition) is 2. The Balaban J connectivity index is 2.10. The van der Waals surface area contributed by atoms with E-state index in [1.165, 1.54) is 7.11 Å². The Labute approximate surface area is 176 Å². The highest BCUT2D eigenvalue weighted by Gasteiger charge is 2.32. The Morgan fingerprint density at radius 3 is 2.50 bits per heavy atom. The summed E-state index contributed by atoms with van der Waals surface area (Å²) in [6, 6.07) is 10.5. The van der Waals surface area contributed by atoms with Crippen molar-refractivity contribution in [1.82, 2.24) is 15.6 Å². The number of carbonyl (C=O) groups excluding carboxylic acids is 2. The van der Waals surface area contributed by atoms with Gasteiger partial charge < -0.3 is 19.5 Å². The van der Waals surface area contributed by atoms with Gasteiger partial charge in [0.1, 0.15) is 11.5 Å². The first-order valence-corrected chi connectivity index (χ1v) is 9.57. The second-order valence-corrected chi connectivity index (χ2v) is 7.05. The smallest absolute Gasteiger partial charge is 0.307 e. The molecule has 2 aromatic rings. The molecule has 1 heterocycles. The van der Waals surface area contributed by atoms with Gasteiger partial charge in [-0.3, -0.25) is 19.9 Å². The fourth-order valence-corrected chi connectivity index (χ4v) is 3.12. The van der Waals surface area contributed by atoms with Crippen LogP contribution in [0.15, 0.2) is 42.6 Å². The molecule has 0 spiro atoms. The lowest BCUT2D eigenvalue weighted by Gasteiger charge is -2.29. The number of benzene rings is 1. The van der Waals surface area contributed by atoms with E-state index in [4.69, 9.17) is 14.2 Å². The molecule has 0 fully saturated rings. The Hall–Kier alpha value is -3.13. The zero-order valence-corrected chi connectivity index (χ0v) is 18.0. The predicted octanol–water partition coefficient (Wildman–Crippen LogP) is 2.34. The minimum atomic E-state index is -0.859. The van der Waals surface area contributed by atoms with Crippen LogP contribution in [0.5, 0.6) is 11.5 Å². The van der Waals surface area contributed by atoms with Crippen molar-refractivity contribution >= 4 is 11.9 Å². The molecule has 2 atom stereocenters. The lowest BCUT2D eigenvalue weighted by molar-refractivity contribution is -0.142. The quantitative estimate of drug-likeness (QED) is 0.575. The summed E-state index contributed by atoms with van der Waals surface area (Å²) in [6.07, 6.45) is 1.68. The number of aromatic nitrogens is 1. The molecular formula is C22H29N3O5. The predicted molar refractivity (Wildman–Crippen MR) is 112 cm³/mol. The number of methoxy groups -OCH3 is 3. The van der Waals surface area contributed by atoms with Crippen molar-refractivity contribution in [3.05, 3.63) is 53.9 Å². The van der Waals surface area contributed by atoms with E-state index in [0.29, 0.717) is 17.2 Å². The average Bonchev–Trinajstić information content (AvgIpc) is 2.77. The molecule has 1 aromatic carbocycles. The summed E-state index contributed by atoms with van der Waals surface area (Å²) in [5.74, 6) is 0.691. The van der Waals surface area contributed by atoms with Gasteiger partial charge in [0.2, 0.25) is 5.91 Å². The van der Waals surface area contributed by atoms with Gasteiger partial charge in [-0.15, -0.1) is 0 Å². The van der Waals surface area contributed by atoms with E-state index in [2.05, 4.69) is 15.6 Å². The van der Waals surface area contributed by atoms with Gasteiger partial charge in [0.25, 0.3) is 0 Å². The SMILES string of the molecule is COC(=O)C[C@](C)(NCC(=O)N[C@@H](C)c1cc(OC)ccc1OC)c1ccccn1. The van der Waals surface area contributed by atoms with Crippen molar-refractivity contribution in [2.75, 3.05) is 27.9 Å². The Bertz CT molecular complexity index is 859. The van der Waals surface area contributed by atoms with E-state index in [1.807, 2.05) is 26.0 Å². The largest absolute Gasteiger partial charge is 0.497 e. The first-order chi connectivity index (χ1) is 14.3. The minimum absolute atomic E-state index is 0.0132. The van der Waals surface area contributed by atoms with E-state index >= 15 is 0 Å². The topological polar surface area (TPSA) is 98.8 Å². The zero-order chi connectivity index (χ0) is 22.1. The van der Waals surface area contributed by atoms with Gasteiger partial charge in [-0.1, -0.05) is 6.07 Å². The second kappa shape index (κ2) is 10.6. The van der Waals surface area contributed by atoms with Crippen LogP contribution >= 0.6 is 0 Å². The van der Waals surface area contributed by atoms with Crippen LogP contribution in [0.3, 0.4) is 0 Å². The first-order valence-electron chi connectivity index (χ1n) is 9.57. The summed E-state index contributed by atoms with van der Waals surface area (Å²) in [4.78, 5) is 28.9. The maximum Gasteiger partial charge on any atom is 0.307 e. The molecule has 0 saturated heterocycles. The van der Waals surface area contributed by atoms with Gasteiger partial charge in [-0.2, -0.15) is 0 Å². The van der Waals surface area contributed by atoms with Crippen LogP contribution in [-0.4, -0.2) is 44.7 Å². The summed E-state index contributed by atoms with van der Waals surface area (Å²) < 4.78 is 15.5. The van der Waals surface area contributed by atoms with Crippen molar-refractivity contribution in [1.29, 1.82) is 0 Å². The van der Waals surface area contributed by atoms with Crippen LogP contribution < -0.4 is 20.1 Å². The van der Waals surface area contributed by atoms with E-state index in [9.17, 15) is 9.59 Å². The molecule has 1 aromatic heterocycles. The highest BCUT2D eigenvalue weighted by Crippen LogP contribution is 2.29. The number of esters is 1. The third kappa shape index (κ3) is 5.93. The summed E-state index contributed by atoms with van der Waals surface area (Å²) in [5, 5.41) is 6.09. The van der Waals surface area contributed by atoms with Crippen LogP contribution in [0.4, 0.5) is 0 Å². The molecule has 30 heavy (non-hydrogen) atoms. The van der Waals surface area contributed by atoms with Crippen LogP contribution in [0, 0.1) is 0 Å². The maximum absolute atomic E-state index is 12.6. The van der Waals surface area contributed by atoms with Crippen LogP contribution in [0.1, 0.15) is 37.6 Å². The number of nitrogens with zero attached hydrogens (tertiary/aromatic N) is 1. The Kier molecular flexibility index (Phi) is 8.17. The molecule has 1 amide bonds. The Morgan fingerprint density at radius 1 is 1.13 bits per heavy atom. The zero-order valence-electron chi connectivity index (χ0n) is 18.0. The molecule has 0 unspecified atom stereocenters. The molecular weight excluding hydrogens is 386 g/mol. The Morgan fingerprint density at radius 2 is 1.90 bits per heavy atom. The molecule has 2 N–H and O–H groups in total. The standard InChI is InChI=1S/C22H29N3O5/c1-15(17-12-16(28-3)9-10-18(17)29-4)25-20(26)14-24-22(2,13-21(27)30-5)19-8-6-7-11-23-19/h6-12,15,24H,13-14H2,1-5H3,(H,25,26)/t15-,22-/m0/s1. The monoisotopic (exact) mass is 415 g/mol. The van der Waals surface area contributed by atoms with Crippen LogP contribution in [0.2, 0.25) is 0 Å². The number of rotatable bonds is 10. The fourth-order valence-electron chi connectivity index (χ4n) is 3.12. The fraction of sp³-hybridized carbons (Fsp3) is 0.409. The molecule has 0 bridgehead atoms. The molecule has 162 valence electrons. The van der Waals surface area contributed by atoms with Gasteiger partial charge >= 0.3 is 5.97 Å². The van der Waals surface area contributed by atoms with E-state index in [-0.39, 0.29) is 24.9 Å². The first kappa shape index (κ1) is 23.2. The van der Waals surface area contributed by atoms with Gasteiger partial charge in [-0.25, -0.2) is 0 Å². The van der Waals surface area contributed by atoms with Gasteiger partial charge in [-0.05, 0) is 44.2 Å². The van der Waals surface area contributed by atoms with Gasteiger partial charge in [0.15, 0.2) is 0 Å². The number of nitrogens with one attached hydrogen (secondary N) is 2. The van der Waals surface area contributed by atoms with E-state index < -0.39 is 11.5 Å². The molecule has 2 rings (SSSR count). The molecule has 8 heteroatoms. The van der Waals surface area contributed by atoms with Crippen LogP contribution in [-0.2, 0) is 19.9 Å². The summed E-state index contributed by atoms with van der Waals surface area (Å²) in [5.41, 5.74) is 0.584. The lowest BCUT2D eigenvalue weighted by Crippen LogP contribution is -2.47. The number of hydrogen-bond acceptors (Lipinski definition) is 7. The number of amides is 1. The average molecular weight is 415 g/mol. The number of carbonyl (C=O) groups is 2. The molecule has 8 nitrogen and oxygen atoms in total. The van der Waals surface area contributed by atoms with E-state index in [1.54, 1.807) is 44.7 Å². The molecule has 0 aliphatic heterocycles. The van der Waals surface area contributed by atoms with Crippen molar-refractivity contribution < 1.29 is 23.8 Å². The lowest BCUT2D eigenvalue weighted by atomic mass is 9.92. The van der Waals surface area contributed by atoms with Crippen molar-refractivity contribution in [2.45, 2.75) is 31.8 Å². The third-order valence-electron chi connectivity index (χ3n) is 4.88. The molecule has 0 radical (unpaired) electrons. The maximum atomic E-state index is 12.6. The van der Waals surface area contributed by atoms with Crippen molar-refractivity contribution in [2.24, 2.45) is 0 Å². The summed E-state index contributed by atoms with van der Waals surface area (Å²) in [6.45, 7) is 3.66. The van der Waals surface area contributed by atoms with Gasteiger partial charge in [0.05, 0.1) is 51.6 Å². The van der Waals surface area contributed by atoms with Crippen molar-refractivity contribution in [3.8, 4) is 11.5 Å². The minimum Gasteiger partial charge on any atom is -0.497 e. The molecule has 0 aliphatic rings. The normalized spacial score (nSPS) is 13.6. The van der Waals surface area contributed by atoms with Crippen molar-refractivity contribution in [3.63, 3.8) is 0 Å². The van der Waals surface area contributed by atoms with Gasteiger partial charge in [0, 0.05) is 11.8 Å². The molecule has 0 saturated carbocycles. The highest BCUT2D eigenvalue weighted by molar-refractivity contribution is 5.79. The molecule has 0 aliphatic carbocycles. The van der Waals surface area contributed by atoms with E-state index in [0.717, 1.165) is 5.56 Å².